The second-order valence-corrected chi connectivity index (χ2v) is 4.47. The summed E-state index contributed by atoms with van der Waals surface area (Å²) in [6.45, 7) is 2.28. The first-order valence-corrected chi connectivity index (χ1v) is 4.16. The Balaban J connectivity index is 2.08. The molecule has 0 saturated heterocycles. The van der Waals surface area contributed by atoms with Crippen LogP contribution in [0, 0.1) is 11.3 Å². The highest BCUT2D eigenvalue weighted by Gasteiger charge is 2.76. The SMILES string of the molecule is CC1C=C2CC23CC3(N)C1. The Morgan fingerprint density at radius 2 is 2.50 bits per heavy atom. The Bertz CT molecular complexity index is 243. The molecule has 1 nitrogen and oxygen atoms in total. The molecule has 3 aliphatic rings. The van der Waals surface area contributed by atoms with Crippen LogP contribution < -0.4 is 5.73 Å². The van der Waals surface area contributed by atoms with E-state index in [2.05, 4.69) is 13.0 Å². The summed E-state index contributed by atoms with van der Waals surface area (Å²) in [5.41, 5.74) is 8.68. The Labute approximate surface area is 61.3 Å². The summed E-state index contributed by atoms with van der Waals surface area (Å²) in [7, 11) is 0. The van der Waals surface area contributed by atoms with Crippen molar-refractivity contribution in [2.24, 2.45) is 17.1 Å². The minimum atomic E-state index is 0.260. The van der Waals surface area contributed by atoms with Gasteiger partial charge in [0.1, 0.15) is 0 Å². The Kier molecular flexibility index (Phi) is 0.588. The highest BCUT2D eigenvalue weighted by molar-refractivity contribution is 5.52. The van der Waals surface area contributed by atoms with Gasteiger partial charge in [0, 0.05) is 11.0 Å². The maximum Gasteiger partial charge on any atom is 0.0267 e. The molecule has 0 aliphatic heterocycles. The largest absolute Gasteiger partial charge is 0.324 e. The van der Waals surface area contributed by atoms with E-state index in [1.54, 1.807) is 5.57 Å². The van der Waals surface area contributed by atoms with E-state index >= 15 is 0 Å². The molecule has 2 saturated carbocycles. The number of hydrogen-bond donors (Lipinski definition) is 1. The predicted octanol–water partition coefficient (Wildman–Crippen LogP) is 1.44. The zero-order valence-electron chi connectivity index (χ0n) is 6.35. The normalized spacial score (nSPS) is 62.2. The van der Waals surface area contributed by atoms with Gasteiger partial charge in [-0.3, -0.25) is 0 Å². The minimum Gasteiger partial charge on any atom is -0.324 e. The fourth-order valence-electron chi connectivity index (χ4n) is 2.91. The molecule has 0 aromatic carbocycles. The molecule has 0 bridgehead atoms. The molecule has 0 heterocycles. The summed E-state index contributed by atoms with van der Waals surface area (Å²) in [6, 6.07) is 0. The molecular formula is C9H13N. The maximum atomic E-state index is 6.18. The van der Waals surface area contributed by atoms with Gasteiger partial charge in [-0.1, -0.05) is 18.6 Å². The van der Waals surface area contributed by atoms with Crippen LogP contribution in [0.25, 0.3) is 0 Å². The van der Waals surface area contributed by atoms with E-state index < -0.39 is 0 Å². The fraction of sp³-hybridized carbons (Fsp3) is 0.778. The first kappa shape index (κ1) is 5.36. The van der Waals surface area contributed by atoms with Gasteiger partial charge in [-0.25, -0.2) is 0 Å². The van der Waals surface area contributed by atoms with E-state index in [1.807, 2.05) is 0 Å². The average molecular weight is 135 g/mol. The Hall–Kier alpha value is -0.300. The van der Waals surface area contributed by atoms with Crippen LogP contribution in [0.5, 0.6) is 0 Å². The number of hydrogen-bond acceptors (Lipinski definition) is 1. The molecule has 3 aliphatic carbocycles. The van der Waals surface area contributed by atoms with E-state index in [0.717, 1.165) is 5.92 Å². The summed E-state index contributed by atoms with van der Waals surface area (Å²) >= 11 is 0. The third kappa shape index (κ3) is 0.367. The lowest BCUT2D eigenvalue weighted by Crippen LogP contribution is -2.29. The van der Waals surface area contributed by atoms with Crippen LogP contribution in [0.4, 0.5) is 0 Å². The molecule has 0 amide bonds. The molecule has 0 aromatic heterocycles. The first-order valence-electron chi connectivity index (χ1n) is 4.16. The van der Waals surface area contributed by atoms with Gasteiger partial charge in [-0.05, 0) is 25.2 Å². The quantitative estimate of drug-likeness (QED) is 0.500. The minimum absolute atomic E-state index is 0.260. The van der Waals surface area contributed by atoms with Crippen LogP contribution in [-0.2, 0) is 0 Å². The molecule has 3 unspecified atom stereocenters. The van der Waals surface area contributed by atoms with Gasteiger partial charge in [-0.2, -0.15) is 0 Å². The van der Waals surface area contributed by atoms with Crippen LogP contribution in [0.3, 0.4) is 0 Å². The zero-order valence-corrected chi connectivity index (χ0v) is 6.35. The zero-order chi connectivity index (χ0) is 6.98. The molecule has 3 atom stereocenters. The van der Waals surface area contributed by atoms with Gasteiger partial charge in [0.15, 0.2) is 0 Å². The summed E-state index contributed by atoms with van der Waals surface area (Å²) in [5.74, 6) is 0.748. The van der Waals surface area contributed by atoms with Crippen LogP contribution in [0.2, 0.25) is 0 Å². The Morgan fingerprint density at radius 3 is 3.20 bits per heavy atom. The second kappa shape index (κ2) is 1.10. The van der Waals surface area contributed by atoms with Crippen LogP contribution in [0.15, 0.2) is 11.6 Å². The molecule has 1 heteroatoms. The van der Waals surface area contributed by atoms with Crippen molar-refractivity contribution in [3.63, 3.8) is 0 Å². The Morgan fingerprint density at radius 1 is 1.70 bits per heavy atom. The summed E-state index contributed by atoms with van der Waals surface area (Å²) in [4.78, 5) is 0. The maximum absolute atomic E-state index is 6.18. The van der Waals surface area contributed by atoms with Crippen LogP contribution in [0.1, 0.15) is 26.2 Å². The van der Waals surface area contributed by atoms with Crippen molar-refractivity contribution in [1.29, 1.82) is 0 Å². The smallest absolute Gasteiger partial charge is 0.0267 e. The van der Waals surface area contributed by atoms with E-state index in [9.17, 15) is 0 Å². The van der Waals surface area contributed by atoms with Gasteiger partial charge in [-0.15, -0.1) is 0 Å². The summed E-state index contributed by atoms with van der Waals surface area (Å²) < 4.78 is 0. The monoisotopic (exact) mass is 135 g/mol. The second-order valence-electron chi connectivity index (χ2n) is 4.47. The lowest BCUT2D eigenvalue weighted by Gasteiger charge is -2.17. The lowest BCUT2D eigenvalue weighted by molar-refractivity contribution is 0.468. The van der Waals surface area contributed by atoms with Crippen molar-refractivity contribution in [2.75, 3.05) is 0 Å². The van der Waals surface area contributed by atoms with Gasteiger partial charge >= 0.3 is 0 Å². The molecule has 54 valence electrons. The van der Waals surface area contributed by atoms with E-state index in [-0.39, 0.29) is 5.54 Å². The predicted molar refractivity (Wildman–Crippen MR) is 40.4 cm³/mol. The third-order valence-corrected chi connectivity index (χ3v) is 3.60. The number of rotatable bonds is 0. The molecule has 2 N–H and O–H groups in total. The fourth-order valence-corrected chi connectivity index (χ4v) is 2.91. The van der Waals surface area contributed by atoms with Gasteiger partial charge < -0.3 is 5.73 Å². The van der Waals surface area contributed by atoms with E-state index in [0.29, 0.717) is 5.41 Å². The molecule has 0 aromatic rings. The summed E-state index contributed by atoms with van der Waals surface area (Å²) in [6.07, 6.45) is 6.29. The number of nitrogens with two attached hydrogens (primary N) is 1. The van der Waals surface area contributed by atoms with Crippen molar-refractivity contribution >= 4 is 0 Å². The standard InChI is InChI=1S/C9H13N/c1-6-2-7-4-8(7)5-9(8,10)3-6/h2,6H,3-5,10H2,1H3. The van der Waals surface area contributed by atoms with Crippen LogP contribution in [-0.4, -0.2) is 5.54 Å². The van der Waals surface area contributed by atoms with E-state index in [1.165, 1.54) is 19.3 Å². The molecule has 1 spiro atoms. The highest BCUT2D eigenvalue weighted by Crippen LogP contribution is 2.79. The molecule has 3 rings (SSSR count). The van der Waals surface area contributed by atoms with E-state index in [4.69, 9.17) is 5.73 Å². The molecule has 2 fully saturated rings. The van der Waals surface area contributed by atoms with Crippen molar-refractivity contribution < 1.29 is 0 Å². The van der Waals surface area contributed by atoms with Crippen molar-refractivity contribution in [2.45, 2.75) is 31.7 Å². The summed E-state index contributed by atoms with van der Waals surface area (Å²) in [5, 5.41) is 0. The van der Waals surface area contributed by atoms with Crippen molar-refractivity contribution in [3.8, 4) is 0 Å². The lowest BCUT2D eigenvalue weighted by atomic mass is 9.93. The van der Waals surface area contributed by atoms with Crippen molar-refractivity contribution in [1.82, 2.24) is 0 Å². The molecule has 0 radical (unpaired) electrons. The first-order chi connectivity index (χ1) is 4.66. The van der Waals surface area contributed by atoms with Gasteiger partial charge in [0.05, 0.1) is 0 Å². The van der Waals surface area contributed by atoms with Crippen molar-refractivity contribution in [3.05, 3.63) is 11.6 Å². The van der Waals surface area contributed by atoms with Crippen LogP contribution >= 0.6 is 0 Å². The molecular weight excluding hydrogens is 122 g/mol. The number of allylic oxidation sites excluding steroid dienone is 1. The topological polar surface area (TPSA) is 26.0 Å². The average Bonchev–Trinajstić information content (AvgIpc) is 2.50. The highest BCUT2D eigenvalue weighted by atomic mass is 15.0. The third-order valence-electron chi connectivity index (χ3n) is 3.60. The van der Waals surface area contributed by atoms with Gasteiger partial charge in [0.25, 0.3) is 0 Å². The van der Waals surface area contributed by atoms with Gasteiger partial charge in [0.2, 0.25) is 0 Å². The molecule has 10 heavy (non-hydrogen) atoms.